The second-order valence-corrected chi connectivity index (χ2v) is 4.62. The molecule has 92 valence electrons. The number of halogens is 1. The zero-order chi connectivity index (χ0) is 12.3. The molecule has 0 heterocycles. The topological polar surface area (TPSA) is 20.3 Å². The molecule has 0 N–H and O–H groups in total. The van der Waals surface area contributed by atoms with E-state index in [9.17, 15) is 9.18 Å². The predicted octanol–water partition coefficient (Wildman–Crippen LogP) is 2.77. The van der Waals surface area contributed by atoms with Gasteiger partial charge in [-0.1, -0.05) is 19.1 Å². The molecule has 0 aromatic heterocycles. The summed E-state index contributed by atoms with van der Waals surface area (Å²) in [6.07, 6.45) is 3.65. The molecule has 0 bridgehead atoms. The Labute approximate surface area is 101 Å². The van der Waals surface area contributed by atoms with E-state index < -0.39 is 0 Å². The van der Waals surface area contributed by atoms with Crippen molar-refractivity contribution in [2.24, 2.45) is 0 Å². The lowest BCUT2D eigenvalue weighted by molar-refractivity contribution is -0.131. The van der Waals surface area contributed by atoms with Crippen LogP contribution in [0.15, 0.2) is 24.3 Å². The fraction of sp³-hybridized carbons (Fsp3) is 0.500. The summed E-state index contributed by atoms with van der Waals surface area (Å²) in [5, 5.41) is 0. The van der Waals surface area contributed by atoms with Gasteiger partial charge in [0.05, 0.1) is 6.42 Å². The normalized spacial score (nSPS) is 14.7. The van der Waals surface area contributed by atoms with Crippen molar-refractivity contribution in [1.29, 1.82) is 0 Å². The first-order valence-corrected chi connectivity index (χ1v) is 6.24. The summed E-state index contributed by atoms with van der Waals surface area (Å²) in [6.45, 7) is 2.92. The number of amides is 1. The number of hydrogen-bond donors (Lipinski definition) is 0. The molecule has 0 aliphatic heterocycles. The van der Waals surface area contributed by atoms with Crippen LogP contribution in [0.1, 0.15) is 31.7 Å². The van der Waals surface area contributed by atoms with Crippen molar-refractivity contribution in [3.05, 3.63) is 35.6 Å². The van der Waals surface area contributed by atoms with Gasteiger partial charge in [-0.3, -0.25) is 4.79 Å². The van der Waals surface area contributed by atoms with Crippen LogP contribution in [0.5, 0.6) is 0 Å². The van der Waals surface area contributed by atoms with Gasteiger partial charge in [0.2, 0.25) is 5.91 Å². The molecule has 0 atom stereocenters. The van der Waals surface area contributed by atoms with Gasteiger partial charge in [0.1, 0.15) is 5.82 Å². The second-order valence-electron chi connectivity index (χ2n) is 4.62. The van der Waals surface area contributed by atoms with Crippen LogP contribution in [-0.4, -0.2) is 23.4 Å². The highest BCUT2D eigenvalue weighted by Gasteiger charge is 2.31. The van der Waals surface area contributed by atoms with Gasteiger partial charge >= 0.3 is 0 Å². The van der Waals surface area contributed by atoms with Crippen LogP contribution < -0.4 is 0 Å². The summed E-state index contributed by atoms with van der Waals surface area (Å²) in [5.74, 6) is -0.0882. The Hall–Kier alpha value is -1.38. The van der Waals surface area contributed by atoms with Crippen molar-refractivity contribution in [2.45, 2.75) is 38.6 Å². The van der Waals surface area contributed by atoms with E-state index in [0.717, 1.165) is 31.4 Å². The number of carbonyl (C=O) groups is 1. The SMILES string of the molecule is CCCN(C(=O)Cc1ccc(F)cc1)C1CC1. The Bertz CT molecular complexity index is 384. The number of carbonyl (C=O) groups excluding carboxylic acids is 1. The van der Waals surface area contributed by atoms with Crippen LogP contribution in [-0.2, 0) is 11.2 Å². The molecule has 1 aliphatic carbocycles. The lowest BCUT2D eigenvalue weighted by Gasteiger charge is -2.21. The number of nitrogens with zero attached hydrogens (tertiary/aromatic N) is 1. The highest BCUT2D eigenvalue weighted by Crippen LogP contribution is 2.27. The molecule has 1 aromatic rings. The van der Waals surface area contributed by atoms with Crippen molar-refractivity contribution >= 4 is 5.91 Å². The fourth-order valence-electron chi connectivity index (χ4n) is 2.02. The third-order valence-corrected chi connectivity index (χ3v) is 3.04. The van der Waals surface area contributed by atoms with E-state index in [1.165, 1.54) is 12.1 Å². The Balaban J connectivity index is 1.96. The summed E-state index contributed by atoms with van der Waals surface area (Å²) in [6, 6.07) is 6.64. The molecule has 3 heteroatoms. The molecule has 1 fully saturated rings. The molecule has 17 heavy (non-hydrogen) atoms. The largest absolute Gasteiger partial charge is 0.339 e. The number of hydrogen-bond acceptors (Lipinski definition) is 1. The zero-order valence-corrected chi connectivity index (χ0v) is 10.2. The molecule has 2 nitrogen and oxygen atoms in total. The predicted molar refractivity (Wildman–Crippen MR) is 65.1 cm³/mol. The van der Waals surface area contributed by atoms with Gasteiger partial charge < -0.3 is 4.90 Å². The fourth-order valence-corrected chi connectivity index (χ4v) is 2.02. The minimum Gasteiger partial charge on any atom is -0.339 e. The van der Waals surface area contributed by atoms with Crippen LogP contribution in [0.25, 0.3) is 0 Å². The summed E-state index contributed by atoms with van der Waals surface area (Å²) in [4.78, 5) is 14.1. The van der Waals surface area contributed by atoms with E-state index in [1.54, 1.807) is 12.1 Å². The van der Waals surface area contributed by atoms with E-state index in [-0.39, 0.29) is 11.7 Å². The molecule has 1 aliphatic rings. The first-order chi connectivity index (χ1) is 8.20. The third kappa shape index (κ3) is 3.29. The molecule has 1 amide bonds. The number of benzene rings is 1. The molecule has 1 saturated carbocycles. The van der Waals surface area contributed by atoms with Crippen LogP contribution in [0, 0.1) is 5.82 Å². The van der Waals surface area contributed by atoms with E-state index in [0.29, 0.717) is 12.5 Å². The van der Waals surface area contributed by atoms with Crippen molar-refractivity contribution in [1.82, 2.24) is 4.90 Å². The van der Waals surface area contributed by atoms with Gasteiger partial charge in [-0.25, -0.2) is 4.39 Å². The minimum atomic E-state index is -0.256. The van der Waals surface area contributed by atoms with E-state index in [4.69, 9.17) is 0 Å². The third-order valence-electron chi connectivity index (χ3n) is 3.04. The quantitative estimate of drug-likeness (QED) is 0.768. The van der Waals surface area contributed by atoms with Gasteiger partial charge in [-0.2, -0.15) is 0 Å². The summed E-state index contributed by atoms with van der Waals surface area (Å²) < 4.78 is 12.7. The van der Waals surface area contributed by atoms with Gasteiger partial charge in [0.15, 0.2) is 0 Å². The van der Waals surface area contributed by atoms with Crippen LogP contribution in [0.3, 0.4) is 0 Å². The Kier molecular flexibility index (Phi) is 3.77. The monoisotopic (exact) mass is 235 g/mol. The molecule has 2 rings (SSSR count). The Morgan fingerprint density at radius 2 is 2.00 bits per heavy atom. The highest BCUT2D eigenvalue weighted by atomic mass is 19.1. The van der Waals surface area contributed by atoms with Gasteiger partial charge in [-0.15, -0.1) is 0 Å². The molecular formula is C14H18FNO. The van der Waals surface area contributed by atoms with Gasteiger partial charge in [0, 0.05) is 12.6 Å². The van der Waals surface area contributed by atoms with E-state index >= 15 is 0 Å². The minimum absolute atomic E-state index is 0.168. The molecule has 0 saturated heterocycles. The van der Waals surface area contributed by atoms with E-state index in [1.807, 2.05) is 4.90 Å². The highest BCUT2D eigenvalue weighted by molar-refractivity contribution is 5.79. The maximum absolute atomic E-state index is 12.7. The summed E-state index contributed by atoms with van der Waals surface area (Å²) >= 11 is 0. The van der Waals surface area contributed by atoms with Crippen molar-refractivity contribution in [3.8, 4) is 0 Å². The molecule has 0 radical (unpaired) electrons. The Morgan fingerprint density at radius 3 is 2.53 bits per heavy atom. The Morgan fingerprint density at radius 1 is 1.35 bits per heavy atom. The maximum atomic E-state index is 12.7. The van der Waals surface area contributed by atoms with Crippen LogP contribution >= 0.6 is 0 Å². The first-order valence-electron chi connectivity index (χ1n) is 6.24. The van der Waals surface area contributed by atoms with Crippen molar-refractivity contribution in [3.63, 3.8) is 0 Å². The lowest BCUT2D eigenvalue weighted by atomic mass is 10.1. The second kappa shape index (κ2) is 5.30. The van der Waals surface area contributed by atoms with Crippen LogP contribution in [0.2, 0.25) is 0 Å². The van der Waals surface area contributed by atoms with Crippen molar-refractivity contribution < 1.29 is 9.18 Å². The zero-order valence-electron chi connectivity index (χ0n) is 10.2. The van der Waals surface area contributed by atoms with Gasteiger partial charge in [-0.05, 0) is 37.0 Å². The van der Waals surface area contributed by atoms with Gasteiger partial charge in [0.25, 0.3) is 0 Å². The molecule has 0 spiro atoms. The summed E-state index contributed by atoms with van der Waals surface area (Å²) in [7, 11) is 0. The average Bonchev–Trinajstić information content (AvgIpc) is 3.13. The lowest BCUT2D eigenvalue weighted by Crippen LogP contribution is -2.34. The van der Waals surface area contributed by atoms with E-state index in [2.05, 4.69) is 6.92 Å². The van der Waals surface area contributed by atoms with Crippen LogP contribution in [0.4, 0.5) is 4.39 Å². The first kappa shape index (κ1) is 12.1. The smallest absolute Gasteiger partial charge is 0.227 e. The standard InChI is InChI=1S/C14H18FNO/c1-2-9-16(13-7-8-13)14(17)10-11-3-5-12(15)6-4-11/h3-6,13H,2,7-10H2,1H3. The molecule has 1 aromatic carbocycles. The summed E-state index contributed by atoms with van der Waals surface area (Å²) in [5.41, 5.74) is 0.887. The number of rotatable bonds is 5. The maximum Gasteiger partial charge on any atom is 0.227 e. The average molecular weight is 235 g/mol. The molecular weight excluding hydrogens is 217 g/mol. The van der Waals surface area contributed by atoms with Crippen molar-refractivity contribution in [2.75, 3.05) is 6.54 Å². The molecule has 0 unspecified atom stereocenters.